The molecule has 28 heavy (non-hydrogen) atoms. The van der Waals surface area contributed by atoms with Gasteiger partial charge in [-0.25, -0.2) is 14.8 Å². The Morgan fingerprint density at radius 3 is 2.39 bits per heavy atom. The number of carbonyl (C=O) groups excluding carboxylic acids is 1. The summed E-state index contributed by atoms with van der Waals surface area (Å²) in [7, 11) is 0. The number of hydrogen-bond donors (Lipinski definition) is 0. The second-order valence-electron chi connectivity index (χ2n) is 8.00. The molecule has 3 rings (SSSR count). The molecule has 1 aliphatic rings. The molecule has 2 heterocycles. The van der Waals surface area contributed by atoms with Crippen LogP contribution in [0.3, 0.4) is 0 Å². The van der Waals surface area contributed by atoms with Gasteiger partial charge in [0.1, 0.15) is 5.60 Å². The van der Waals surface area contributed by atoms with Crippen LogP contribution in [0.25, 0.3) is 11.0 Å². The molecule has 0 radical (unpaired) electrons. The Bertz CT molecular complexity index is 819. The number of benzene rings is 1. The van der Waals surface area contributed by atoms with Crippen molar-refractivity contribution in [3.05, 3.63) is 24.3 Å². The first-order valence-electron chi connectivity index (χ1n) is 9.86. The number of fused-ring (bicyclic) bond motifs is 1. The highest BCUT2D eigenvalue weighted by Crippen LogP contribution is 2.27. The molecule has 0 spiro atoms. The molecular weight excluding hydrogens is 358 g/mol. The van der Waals surface area contributed by atoms with Gasteiger partial charge in [0.05, 0.1) is 24.2 Å². The summed E-state index contributed by atoms with van der Waals surface area (Å²) >= 11 is 0. The molecule has 7 heteroatoms. The number of likely N-dealkylation sites (tertiary alicyclic amines) is 1. The largest absolute Gasteiger partial charge is 0.474 e. The lowest BCUT2D eigenvalue weighted by molar-refractivity contribution is 0.0137. The topological polar surface area (TPSA) is 73.8 Å². The van der Waals surface area contributed by atoms with Crippen molar-refractivity contribution in [3.8, 4) is 11.8 Å². The standard InChI is InChI=1S/C21H29N3O4/c1-5-26-18-19(23-17-11-7-6-10-16(17)22-18)27-14-15-9-8-12-24(13-15)20(25)28-21(2,3)4/h6-7,10-11,15H,5,8-9,12-14H2,1-4H3/t15-/m0/s1. The van der Waals surface area contributed by atoms with Crippen molar-refractivity contribution in [2.75, 3.05) is 26.3 Å². The molecule has 0 unspecified atom stereocenters. The van der Waals surface area contributed by atoms with Gasteiger partial charge in [0.15, 0.2) is 0 Å². The molecule has 2 aromatic rings. The van der Waals surface area contributed by atoms with Crippen LogP contribution in [-0.4, -0.2) is 52.9 Å². The van der Waals surface area contributed by atoms with E-state index in [4.69, 9.17) is 14.2 Å². The molecule has 0 bridgehead atoms. The lowest BCUT2D eigenvalue weighted by Gasteiger charge is -2.34. The smallest absolute Gasteiger partial charge is 0.410 e. The Morgan fingerprint density at radius 2 is 1.79 bits per heavy atom. The van der Waals surface area contributed by atoms with Crippen LogP contribution in [0, 0.1) is 5.92 Å². The number of hydrogen-bond acceptors (Lipinski definition) is 6. The zero-order valence-electron chi connectivity index (χ0n) is 17.1. The van der Waals surface area contributed by atoms with Crippen molar-refractivity contribution >= 4 is 17.1 Å². The average Bonchev–Trinajstić information content (AvgIpc) is 2.65. The fraction of sp³-hybridized carbons (Fsp3) is 0.571. The Labute approximate surface area is 166 Å². The first-order chi connectivity index (χ1) is 13.4. The summed E-state index contributed by atoms with van der Waals surface area (Å²) in [6.45, 7) is 9.80. The molecule has 1 aromatic carbocycles. The van der Waals surface area contributed by atoms with Crippen LogP contribution in [-0.2, 0) is 4.74 Å². The molecule has 0 aliphatic carbocycles. The summed E-state index contributed by atoms with van der Waals surface area (Å²) in [5.41, 5.74) is 1.04. The summed E-state index contributed by atoms with van der Waals surface area (Å²) in [5.74, 6) is 1.01. The van der Waals surface area contributed by atoms with E-state index in [-0.39, 0.29) is 12.0 Å². The molecular formula is C21H29N3O4. The predicted molar refractivity (Wildman–Crippen MR) is 107 cm³/mol. The van der Waals surface area contributed by atoms with Gasteiger partial charge in [0.2, 0.25) is 0 Å². The summed E-state index contributed by atoms with van der Waals surface area (Å²) in [6.07, 6.45) is 1.65. The highest BCUT2D eigenvalue weighted by atomic mass is 16.6. The van der Waals surface area contributed by atoms with Gasteiger partial charge in [-0.15, -0.1) is 0 Å². The van der Waals surface area contributed by atoms with Crippen LogP contribution in [0.4, 0.5) is 4.79 Å². The van der Waals surface area contributed by atoms with Crippen molar-refractivity contribution in [3.63, 3.8) is 0 Å². The quantitative estimate of drug-likeness (QED) is 0.770. The molecule has 7 nitrogen and oxygen atoms in total. The van der Waals surface area contributed by atoms with Gasteiger partial charge >= 0.3 is 6.09 Å². The van der Waals surface area contributed by atoms with E-state index in [0.29, 0.717) is 38.1 Å². The summed E-state index contributed by atoms with van der Waals surface area (Å²) < 4.78 is 17.1. The van der Waals surface area contributed by atoms with Crippen LogP contribution in [0.15, 0.2) is 24.3 Å². The van der Waals surface area contributed by atoms with Crippen molar-refractivity contribution < 1.29 is 19.0 Å². The number of amides is 1. The Kier molecular flexibility index (Phi) is 6.21. The molecule has 1 aromatic heterocycles. The molecule has 1 saturated heterocycles. The van der Waals surface area contributed by atoms with E-state index in [9.17, 15) is 4.79 Å². The van der Waals surface area contributed by atoms with E-state index in [2.05, 4.69) is 9.97 Å². The SMILES string of the molecule is CCOc1nc2ccccc2nc1OC[C@H]1CCCN(C(=O)OC(C)(C)C)C1. The van der Waals surface area contributed by atoms with Crippen molar-refractivity contribution in [2.24, 2.45) is 5.92 Å². The highest BCUT2D eigenvalue weighted by Gasteiger charge is 2.28. The van der Waals surface area contributed by atoms with Crippen molar-refractivity contribution in [1.82, 2.24) is 14.9 Å². The first kappa shape index (κ1) is 20.2. The Morgan fingerprint density at radius 1 is 1.14 bits per heavy atom. The molecule has 1 fully saturated rings. The van der Waals surface area contributed by atoms with Crippen LogP contribution in [0.1, 0.15) is 40.5 Å². The number of nitrogens with zero attached hydrogens (tertiary/aromatic N) is 3. The summed E-state index contributed by atoms with van der Waals surface area (Å²) in [5, 5.41) is 0. The van der Waals surface area contributed by atoms with Crippen LogP contribution >= 0.6 is 0 Å². The van der Waals surface area contributed by atoms with Crippen LogP contribution in [0.2, 0.25) is 0 Å². The molecule has 1 amide bonds. The minimum atomic E-state index is -0.492. The molecule has 152 valence electrons. The molecule has 0 N–H and O–H groups in total. The number of ether oxygens (including phenoxy) is 3. The number of piperidine rings is 1. The number of rotatable bonds is 5. The van der Waals surface area contributed by atoms with Gasteiger partial charge in [-0.05, 0) is 52.7 Å². The maximum atomic E-state index is 12.3. The third-order valence-corrected chi connectivity index (χ3v) is 4.42. The van der Waals surface area contributed by atoms with Gasteiger partial charge in [-0.3, -0.25) is 0 Å². The van der Waals surface area contributed by atoms with Crippen molar-refractivity contribution in [1.29, 1.82) is 0 Å². The minimum Gasteiger partial charge on any atom is -0.474 e. The highest BCUT2D eigenvalue weighted by molar-refractivity contribution is 5.75. The van der Waals surface area contributed by atoms with E-state index < -0.39 is 5.60 Å². The van der Waals surface area contributed by atoms with E-state index in [0.717, 1.165) is 23.9 Å². The normalized spacial score (nSPS) is 17.4. The van der Waals surface area contributed by atoms with E-state index in [1.807, 2.05) is 52.0 Å². The summed E-state index contributed by atoms with van der Waals surface area (Å²) in [6, 6.07) is 7.63. The van der Waals surface area contributed by atoms with E-state index >= 15 is 0 Å². The maximum Gasteiger partial charge on any atom is 0.410 e. The number of para-hydroxylation sites is 2. The van der Waals surface area contributed by atoms with Gasteiger partial charge in [-0.1, -0.05) is 12.1 Å². The van der Waals surface area contributed by atoms with Gasteiger partial charge in [0, 0.05) is 19.0 Å². The predicted octanol–water partition coefficient (Wildman–Crippen LogP) is 4.05. The number of carbonyl (C=O) groups is 1. The Balaban J connectivity index is 1.66. The van der Waals surface area contributed by atoms with E-state index in [1.54, 1.807) is 4.90 Å². The van der Waals surface area contributed by atoms with E-state index in [1.165, 1.54) is 0 Å². The average molecular weight is 387 g/mol. The monoisotopic (exact) mass is 387 g/mol. The molecule has 0 saturated carbocycles. The van der Waals surface area contributed by atoms with Crippen molar-refractivity contribution in [2.45, 2.75) is 46.1 Å². The second-order valence-corrected chi connectivity index (χ2v) is 8.00. The zero-order chi connectivity index (χ0) is 20.1. The lowest BCUT2D eigenvalue weighted by Crippen LogP contribution is -2.44. The first-order valence-corrected chi connectivity index (χ1v) is 9.86. The zero-order valence-corrected chi connectivity index (χ0v) is 17.1. The molecule has 1 atom stereocenters. The van der Waals surface area contributed by atoms with Crippen LogP contribution in [0.5, 0.6) is 11.8 Å². The Hall–Kier alpha value is -2.57. The van der Waals surface area contributed by atoms with Gasteiger partial charge < -0.3 is 19.1 Å². The third kappa shape index (κ3) is 5.24. The fourth-order valence-electron chi connectivity index (χ4n) is 3.18. The van der Waals surface area contributed by atoms with Gasteiger partial charge in [0.25, 0.3) is 11.8 Å². The summed E-state index contributed by atoms with van der Waals surface area (Å²) in [4.78, 5) is 23.2. The minimum absolute atomic E-state index is 0.212. The number of aromatic nitrogens is 2. The fourth-order valence-corrected chi connectivity index (χ4v) is 3.18. The maximum absolute atomic E-state index is 12.3. The van der Waals surface area contributed by atoms with Crippen LogP contribution < -0.4 is 9.47 Å². The van der Waals surface area contributed by atoms with Gasteiger partial charge in [-0.2, -0.15) is 0 Å². The third-order valence-electron chi connectivity index (χ3n) is 4.42. The lowest BCUT2D eigenvalue weighted by atomic mass is 9.99. The second kappa shape index (κ2) is 8.63. The molecule has 1 aliphatic heterocycles.